The molecule has 0 radical (unpaired) electrons. The van der Waals surface area contributed by atoms with E-state index in [9.17, 15) is 9.59 Å². The molecule has 170 valence electrons. The van der Waals surface area contributed by atoms with E-state index >= 15 is 0 Å². The Labute approximate surface area is 189 Å². The second-order valence-corrected chi connectivity index (χ2v) is 8.71. The van der Waals surface area contributed by atoms with Gasteiger partial charge in [0.1, 0.15) is 6.04 Å². The van der Waals surface area contributed by atoms with Gasteiger partial charge in [-0.2, -0.15) is 0 Å². The Morgan fingerprint density at radius 3 is 2.53 bits per heavy atom. The van der Waals surface area contributed by atoms with Gasteiger partial charge in [0.05, 0.1) is 0 Å². The second-order valence-electron chi connectivity index (χ2n) is 8.71. The molecule has 4 rings (SSSR count). The topological polar surface area (TPSA) is 67.9 Å². The molecule has 6 nitrogen and oxygen atoms in total. The predicted octanol–water partition coefficient (Wildman–Crippen LogP) is 4.21. The zero-order chi connectivity index (χ0) is 22.3. The summed E-state index contributed by atoms with van der Waals surface area (Å²) in [6.07, 6.45) is 6.50. The van der Waals surface area contributed by atoms with E-state index in [2.05, 4.69) is 5.32 Å². The van der Waals surface area contributed by atoms with Crippen LogP contribution in [0, 0.1) is 0 Å². The Kier molecular flexibility index (Phi) is 7.30. The third kappa shape index (κ3) is 5.61. The minimum atomic E-state index is -0.526. The molecule has 1 aliphatic heterocycles. The van der Waals surface area contributed by atoms with E-state index in [-0.39, 0.29) is 24.6 Å². The maximum Gasteiger partial charge on any atom is 0.242 e. The number of benzene rings is 2. The van der Waals surface area contributed by atoms with E-state index in [4.69, 9.17) is 9.47 Å². The van der Waals surface area contributed by atoms with Gasteiger partial charge >= 0.3 is 0 Å². The largest absolute Gasteiger partial charge is 0.454 e. The van der Waals surface area contributed by atoms with Crippen molar-refractivity contribution in [2.45, 2.75) is 70.5 Å². The average molecular weight is 437 g/mol. The number of aryl methyl sites for hydroxylation is 1. The molecular weight excluding hydrogens is 404 g/mol. The molecule has 32 heavy (non-hydrogen) atoms. The number of fused-ring (bicyclic) bond motifs is 1. The Morgan fingerprint density at radius 2 is 1.75 bits per heavy atom. The summed E-state index contributed by atoms with van der Waals surface area (Å²) in [4.78, 5) is 28.0. The van der Waals surface area contributed by atoms with Crippen molar-refractivity contribution in [2.24, 2.45) is 0 Å². The maximum absolute atomic E-state index is 13.3. The summed E-state index contributed by atoms with van der Waals surface area (Å²) in [7, 11) is 0. The number of ether oxygens (including phenoxy) is 2. The van der Waals surface area contributed by atoms with Gasteiger partial charge in [-0.15, -0.1) is 0 Å². The van der Waals surface area contributed by atoms with Crippen molar-refractivity contribution in [1.82, 2.24) is 10.2 Å². The molecule has 2 aromatic rings. The highest BCUT2D eigenvalue weighted by atomic mass is 16.7. The zero-order valence-electron chi connectivity index (χ0n) is 18.7. The lowest BCUT2D eigenvalue weighted by molar-refractivity contribution is -0.141. The number of nitrogens with one attached hydrogen (secondary N) is 1. The van der Waals surface area contributed by atoms with Crippen LogP contribution in [0.5, 0.6) is 11.5 Å². The van der Waals surface area contributed by atoms with Crippen LogP contribution in [0.1, 0.15) is 56.6 Å². The standard InChI is InChI=1S/C26H32N2O4/c1-19(26(30)27-22-10-6-3-7-11-22)28(17-21-8-4-2-5-9-21)25(29)15-13-20-12-14-23-24(16-20)32-18-31-23/h2,4-5,8-9,12,14,16,19,22H,3,6-7,10-11,13,15,17-18H2,1H3,(H,27,30)/t19-/m1/s1. The quantitative estimate of drug-likeness (QED) is 0.673. The summed E-state index contributed by atoms with van der Waals surface area (Å²) in [5.74, 6) is 1.36. The fourth-order valence-electron chi connectivity index (χ4n) is 4.42. The van der Waals surface area contributed by atoms with Crippen molar-refractivity contribution in [3.63, 3.8) is 0 Å². The van der Waals surface area contributed by atoms with Crippen LogP contribution >= 0.6 is 0 Å². The summed E-state index contributed by atoms with van der Waals surface area (Å²) in [5, 5.41) is 3.18. The number of nitrogens with zero attached hydrogens (tertiary/aromatic N) is 1. The molecule has 1 fully saturated rings. The molecule has 1 heterocycles. The lowest BCUT2D eigenvalue weighted by atomic mass is 9.95. The Bertz CT molecular complexity index is 925. The Balaban J connectivity index is 1.42. The molecular formula is C26H32N2O4. The third-order valence-electron chi connectivity index (χ3n) is 6.38. The highest BCUT2D eigenvalue weighted by Crippen LogP contribution is 2.32. The minimum absolute atomic E-state index is 0.0298. The molecule has 0 unspecified atom stereocenters. The van der Waals surface area contributed by atoms with Gasteiger partial charge in [-0.05, 0) is 49.4 Å². The van der Waals surface area contributed by atoms with E-state index in [0.717, 1.165) is 48.3 Å². The summed E-state index contributed by atoms with van der Waals surface area (Å²) >= 11 is 0. The van der Waals surface area contributed by atoms with E-state index in [1.54, 1.807) is 4.90 Å². The number of hydrogen-bond acceptors (Lipinski definition) is 4. The first-order valence-electron chi connectivity index (χ1n) is 11.6. The van der Waals surface area contributed by atoms with Crippen molar-refractivity contribution in [3.05, 3.63) is 59.7 Å². The van der Waals surface area contributed by atoms with Gasteiger partial charge in [0, 0.05) is 19.0 Å². The summed E-state index contributed by atoms with van der Waals surface area (Å²) in [5.41, 5.74) is 2.03. The van der Waals surface area contributed by atoms with Crippen LogP contribution in [0.4, 0.5) is 0 Å². The smallest absolute Gasteiger partial charge is 0.242 e. The Hall–Kier alpha value is -3.02. The lowest BCUT2D eigenvalue weighted by Crippen LogP contribution is -2.50. The van der Waals surface area contributed by atoms with Crippen LogP contribution in [-0.4, -0.2) is 35.6 Å². The van der Waals surface area contributed by atoms with Crippen molar-refractivity contribution < 1.29 is 19.1 Å². The molecule has 6 heteroatoms. The van der Waals surface area contributed by atoms with Crippen molar-refractivity contribution in [2.75, 3.05) is 6.79 Å². The van der Waals surface area contributed by atoms with Crippen LogP contribution in [0.2, 0.25) is 0 Å². The first-order chi connectivity index (χ1) is 15.6. The summed E-state index contributed by atoms with van der Waals surface area (Å²) < 4.78 is 10.8. The number of carbonyl (C=O) groups is 2. The highest BCUT2D eigenvalue weighted by Gasteiger charge is 2.28. The van der Waals surface area contributed by atoms with Crippen LogP contribution in [0.15, 0.2) is 48.5 Å². The van der Waals surface area contributed by atoms with E-state index in [1.807, 2.05) is 55.5 Å². The van der Waals surface area contributed by atoms with Gasteiger partial charge < -0.3 is 19.7 Å². The molecule has 1 aliphatic carbocycles. The van der Waals surface area contributed by atoms with Gasteiger partial charge in [0.25, 0.3) is 0 Å². The number of amides is 2. The van der Waals surface area contributed by atoms with Crippen LogP contribution < -0.4 is 14.8 Å². The normalized spacial score (nSPS) is 16.4. The third-order valence-corrected chi connectivity index (χ3v) is 6.38. The highest BCUT2D eigenvalue weighted by molar-refractivity contribution is 5.87. The SMILES string of the molecule is C[C@H](C(=O)NC1CCCCC1)N(Cc1ccccc1)C(=O)CCc1ccc2c(c1)OCO2. The van der Waals surface area contributed by atoms with Gasteiger partial charge in [-0.3, -0.25) is 9.59 Å². The molecule has 0 saturated heterocycles. The molecule has 0 aromatic heterocycles. The number of rotatable bonds is 8. The number of carbonyl (C=O) groups excluding carboxylic acids is 2. The van der Waals surface area contributed by atoms with Gasteiger partial charge in [0.15, 0.2) is 11.5 Å². The zero-order valence-corrected chi connectivity index (χ0v) is 18.7. The van der Waals surface area contributed by atoms with E-state index in [0.29, 0.717) is 19.4 Å². The molecule has 0 bridgehead atoms. The first-order valence-corrected chi connectivity index (χ1v) is 11.6. The van der Waals surface area contributed by atoms with E-state index in [1.165, 1.54) is 6.42 Å². The minimum Gasteiger partial charge on any atom is -0.454 e. The van der Waals surface area contributed by atoms with Crippen molar-refractivity contribution in [3.8, 4) is 11.5 Å². The van der Waals surface area contributed by atoms with E-state index < -0.39 is 6.04 Å². The van der Waals surface area contributed by atoms with Crippen molar-refractivity contribution in [1.29, 1.82) is 0 Å². The van der Waals surface area contributed by atoms with Crippen LogP contribution in [0.25, 0.3) is 0 Å². The summed E-state index contributed by atoms with van der Waals surface area (Å²) in [6, 6.07) is 15.3. The van der Waals surface area contributed by atoms with Crippen molar-refractivity contribution >= 4 is 11.8 Å². The molecule has 2 aromatic carbocycles. The average Bonchev–Trinajstić information content (AvgIpc) is 3.30. The fourth-order valence-corrected chi connectivity index (χ4v) is 4.42. The molecule has 1 saturated carbocycles. The predicted molar refractivity (Wildman–Crippen MR) is 122 cm³/mol. The van der Waals surface area contributed by atoms with Crippen LogP contribution in [0.3, 0.4) is 0 Å². The maximum atomic E-state index is 13.3. The second kappa shape index (κ2) is 10.5. The summed E-state index contributed by atoms with van der Waals surface area (Å²) in [6.45, 7) is 2.48. The fraction of sp³-hybridized carbons (Fsp3) is 0.462. The molecule has 1 N–H and O–H groups in total. The van der Waals surface area contributed by atoms with Gasteiger partial charge in [0.2, 0.25) is 18.6 Å². The Morgan fingerprint density at radius 1 is 1.00 bits per heavy atom. The lowest BCUT2D eigenvalue weighted by Gasteiger charge is -2.31. The van der Waals surface area contributed by atoms with Gasteiger partial charge in [-0.1, -0.05) is 55.7 Å². The molecule has 0 spiro atoms. The van der Waals surface area contributed by atoms with Gasteiger partial charge in [-0.25, -0.2) is 0 Å². The molecule has 2 amide bonds. The van der Waals surface area contributed by atoms with Crippen LogP contribution in [-0.2, 0) is 22.6 Å². The molecule has 2 aliphatic rings. The monoisotopic (exact) mass is 436 g/mol. The first kappa shape index (κ1) is 22.2. The molecule has 1 atom stereocenters. The number of hydrogen-bond donors (Lipinski definition) is 1.